The summed E-state index contributed by atoms with van der Waals surface area (Å²) in [7, 11) is 0. The Hall–Kier alpha value is -3.13. The van der Waals surface area contributed by atoms with E-state index in [1.165, 1.54) is 89.9 Å². The summed E-state index contributed by atoms with van der Waals surface area (Å²) in [5.41, 5.74) is 10.3. The van der Waals surface area contributed by atoms with Crippen LogP contribution in [0.25, 0.3) is 38.6 Å². The average Bonchev–Trinajstić information content (AvgIpc) is 3.39. The third kappa shape index (κ3) is 3.70. The van der Waals surface area contributed by atoms with Crippen LogP contribution >= 0.6 is 0 Å². The van der Waals surface area contributed by atoms with Gasteiger partial charge in [0.2, 0.25) is 0 Å². The fourth-order valence-electron chi connectivity index (χ4n) is 8.18. The molecule has 1 saturated carbocycles. The maximum atomic E-state index is 2.66. The standard InChI is InChI=1S/C37H43N2/c1-5-14-26(6-2)29-19-13-20-30(27-15-8-7-9-16-27)35(29)34-23-38-25(4)24(3)28-18-12-21-32-31-17-10-11-22-33(31)39(34)37(38)36(28)32/h10-13,17-27H,5-9,14-16H2,1-4H3/q+1. The first-order valence-electron chi connectivity index (χ1n) is 15.7. The fraction of sp³-hybridized carbons (Fsp3) is 0.432. The third-order valence-corrected chi connectivity index (χ3v) is 10.4. The number of para-hydroxylation sites is 1. The molecule has 0 bridgehead atoms. The van der Waals surface area contributed by atoms with Gasteiger partial charge >= 0.3 is 0 Å². The molecule has 0 spiro atoms. The molecule has 0 radical (unpaired) electrons. The molecule has 0 amide bonds. The molecule has 0 N–H and O–H groups in total. The molecule has 3 aromatic carbocycles. The maximum Gasteiger partial charge on any atom is 0.295 e. The van der Waals surface area contributed by atoms with Crippen molar-refractivity contribution < 1.29 is 4.57 Å². The minimum absolute atomic E-state index is 0.413. The highest BCUT2D eigenvalue weighted by Gasteiger charge is 2.37. The van der Waals surface area contributed by atoms with Crippen molar-refractivity contribution >= 4 is 27.3 Å². The summed E-state index contributed by atoms with van der Waals surface area (Å²) in [6, 6.07) is 23.9. The van der Waals surface area contributed by atoms with Crippen LogP contribution in [0.5, 0.6) is 0 Å². The van der Waals surface area contributed by atoms with Crippen LogP contribution in [0.2, 0.25) is 0 Å². The first kappa shape index (κ1) is 24.9. The zero-order chi connectivity index (χ0) is 26.7. The van der Waals surface area contributed by atoms with E-state index in [4.69, 9.17) is 0 Å². The average molecular weight is 516 g/mol. The van der Waals surface area contributed by atoms with E-state index in [9.17, 15) is 0 Å². The Bertz CT molecular complexity index is 1660. The van der Waals surface area contributed by atoms with Crippen LogP contribution in [-0.4, -0.2) is 4.40 Å². The van der Waals surface area contributed by atoms with Crippen LogP contribution in [0.3, 0.4) is 0 Å². The van der Waals surface area contributed by atoms with Crippen molar-refractivity contribution in [3.63, 3.8) is 0 Å². The van der Waals surface area contributed by atoms with E-state index < -0.39 is 0 Å². The second-order valence-corrected chi connectivity index (χ2v) is 12.4. The van der Waals surface area contributed by atoms with E-state index in [0.29, 0.717) is 23.8 Å². The van der Waals surface area contributed by atoms with Gasteiger partial charge in [-0.05, 0) is 67.2 Å². The molecule has 200 valence electrons. The van der Waals surface area contributed by atoms with Crippen LogP contribution in [0.4, 0.5) is 0 Å². The summed E-state index contributed by atoms with van der Waals surface area (Å²) in [6.07, 6.45) is 13.0. The Balaban J connectivity index is 1.65. The molecule has 2 heteroatoms. The number of hydrogen-bond acceptors (Lipinski definition) is 0. The van der Waals surface area contributed by atoms with E-state index in [1.807, 2.05) is 0 Å². The van der Waals surface area contributed by atoms with E-state index in [1.54, 1.807) is 16.7 Å². The molecular weight excluding hydrogens is 472 g/mol. The number of pyridine rings is 1. The second kappa shape index (κ2) is 9.81. The van der Waals surface area contributed by atoms with Crippen LogP contribution in [0.15, 0.2) is 66.9 Å². The van der Waals surface area contributed by atoms with Gasteiger partial charge in [0.05, 0.1) is 5.39 Å². The van der Waals surface area contributed by atoms with Gasteiger partial charge in [-0.15, -0.1) is 0 Å². The van der Waals surface area contributed by atoms with E-state index >= 15 is 0 Å². The Kier molecular flexibility index (Phi) is 6.26. The summed E-state index contributed by atoms with van der Waals surface area (Å²) < 4.78 is 5.29. The summed E-state index contributed by atoms with van der Waals surface area (Å²) in [5, 5.41) is 4.21. The van der Waals surface area contributed by atoms with Gasteiger partial charge in [-0.25, -0.2) is 4.57 Å². The van der Waals surface area contributed by atoms with Gasteiger partial charge < -0.3 is 0 Å². The number of nitrogens with zero attached hydrogens (tertiary/aromatic N) is 2. The lowest BCUT2D eigenvalue weighted by Crippen LogP contribution is -2.42. The molecule has 0 saturated heterocycles. The zero-order valence-electron chi connectivity index (χ0n) is 24.2. The fourth-order valence-corrected chi connectivity index (χ4v) is 8.18. The molecular formula is C37H43N2+. The molecule has 3 unspecified atom stereocenters. The molecule has 39 heavy (non-hydrogen) atoms. The Labute approximate surface area is 233 Å². The van der Waals surface area contributed by atoms with Gasteiger partial charge in [0, 0.05) is 22.3 Å². The molecule has 3 heterocycles. The first-order chi connectivity index (χ1) is 19.1. The number of rotatable bonds is 6. The lowest BCUT2D eigenvalue weighted by Gasteiger charge is -2.27. The smallest absolute Gasteiger partial charge is 0.226 e. The van der Waals surface area contributed by atoms with Crippen molar-refractivity contribution in [2.24, 2.45) is 0 Å². The van der Waals surface area contributed by atoms with Crippen LogP contribution in [0, 0.1) is 0 Å². The largest absolute Gasteiger partial charge is 0.295 e. The number of fused-ring (bicyclic) bond motifs is 3. The SMILES string of the molecule is CCCC(CC)c1cccc(C2CCCCC2)c1-c1c[n+]2c3c4c(cccc4c4ccccc4n13)C(C)C2C. The highest BCUT2D eigenvalue weighted by Crippen LogP contribution is 2.46. The molecule has 3 atom stereocenters. The highest BCUT2D eigenvalue weighted by molar-refractivity contribution is 6.13. The zero-order valence-corrected chi connectivity index (χ0v) is 24.2. The number of imidazole rings is 1. The topological polar surface area (TPSA) is 8.29 Å². The lowest BCUT2D eigenvalue weighted by atomic mass is 9.77. The van der Waals surface area contributed by atoms with Gasteiger partial charge in [0.25, 0.3) is 5.65 Å². The molecule has 1 fully saturated rings. The summed E-state index contributed by atoms with van der Waals surface area (Å²) in [5.74, 6) is 1.73. The predicted octanol–water partition coefficient (Wildman–Crippen LogP) is 10.2. The lowest BCUT2D eigenvalue weighted by molar-refractivity contribution is -0.697. The minimum Gasteiger partial charge on any atom is -0.226 e. The molecule has 1 aliphatic carbocycles. The van der Waals surface area contributed by atoms with Crippen molar-refractivity contribution in [3.05, 3.63) is 83.6 Å². The van der Waals surface area contributed by atoms with Crippen LogP contribution in [0.1, 0.15) is 120 Å². The van der Waals surface area contributed by atoms with Gasteiger partial charge in [0.1, 0.15) is 17.8 Å². The minimum atomic E-state index is 0.413. The molecule has 1 aliphatic heterocycles. The first-order valence-corrected chi connectivity index (χ1v) is 15.7. The Morgan fingerprint density at radius 3 is 2.38 bits per heavy atom. The quantitative estimate of drug-likeness (QED) is 0.157. The number of hydrogen-bond donors (Lipinski definition) is 0. The van der Waals surface area contributed by atoms with Gasteiger partial charge in [-0.1, -0.05) is 101 Å². The highest BCUT2D eigenvalue weighted by atomic mass is 15.1. The molecule has 2 nitrogen and oxygen atoms in total. The number of aromatic nitrogens is 2. The second-order valence-electron chi connectivity index (χ2n) is 12.4. The van der Waals surface area contributed by atoms with E-state index in [0.717, 1.165) is 0 Å². The molecule has 7 rings (SSSR count). The van der Waals surface area contributed by atoms with Gasteiger partial charge in [0.15, 0.2) is 5.69 Å². The van der Waals surface area contributed by atoms with Gasteiger partial charge in [-0.2, -0.15) is 4.40 Å². The normalized spacial score (nSPS) is 20.4. The summed E-state index contributed by atoms with van der Waals surface area (Å²) >= 11 is 0. The predicted molar refractivity (Wildman–Crippen MR) is 165 cm³/mol. The summed E-state index contributed by atoms with van der Waals surface area (Å²) in [4.78, 5) is 0. The molecule has 2 aliphatic rings. The monoisotopic (exact) mass is 515 g/mol. The Morgan fingerprint density at radius 2 is 1.59 bits per heavy atom. The van der Waals surface area contributed by atoms with Crippen molar-refractivity contribution in [3.8, 4) is 11.3 Å². The van der Waals surface area contributed by atoms with Crippen LogP contribution in [-0.2, 0) is 0 Å². The third-order valence-electron chi connectivity index (χ3n) is 10.4. The van der Waals surface area contributed by atoms with Crippen LogP contribution < -0.4 is 4.57 Å². The maximum absolute atomic E-state index is 2.66. The van der Waals surface area contributed by atoms with Crippen molar-refractivity contribution in [1.82, 2.24) is 4.40 Å². The van der Waals surface area contributed by atoms with Gasteiger partial charge in [-0.3, -0.25) is 0 Å². The van der Waals surface area contributed by atoms with E-state index in [-0.39, 0.29) is 0 Å². The summed E-state index contributed by atoms with van der Waals surface area (Å²) in [6.45, 7) is 9.58. The Morgan fingerprint density at radius 1 is 0.846 bits per heavy atom. The van der Waals surface area contributed by atoms with E-state index in [2.05, 4.69) is 104 Å². The van der Waals surface area contributed by atoms with Crippen molar-refractivity contribution in [2.45, 2.75) is 103 Å². The van der Waals surface area contributed by atoms with Crippen molar-refractivity contribution in [2.75, 3.05) is 0 Å². The van der Waals surface area contributed by atoms with Crippen molar-refractivity contribution in [1.29, 1.82) is 0 Å². The molecule has 5 aromatic rings. The number of benzene rings is 3. The molecule has 2 aromatic heterocycles.